The summed E-state index contributed by atoms with van der Waals surface area (Å²) in [5.41, 5.74) is 3.82. The van der Waals surface area contributed by atoms with Crippen LogP contribution in [0.15, 0.2) is 59.2 Å². The first-order valence-corrected chi connectivity index (χ1v) is 7.44. The van der Waals surface area contributed by atoms with Gasteiger partial charge in [-0.3, -0.25) is 4.98 Å². The van der Waals surface area contributed by atoms with Crippen LogP contribution in [0.2, 0.25) is 0 Å². The van der Waals surface area contributed by atoms with Gasteiger partial charge in [-0.15, -0.1) is 0 Å². The first-order valence-electron chi connectivity index (χ1n) is 6.64. The molecule has 4 heteroatoms. The molecule has 0 unspecified atom stereocenters. The molecule has 2 aromatic carbocycles. The monoisotopic (exact) mass is 339 g/mol. The van der Waals surface area contributed by atoms with Crippen LogP contribution in [0.3, 0.4) is 0 Å². The van der Waals surface area contributed by atoms with Gasteiger partial charge in [0.05, 0.1) is 17.4 Å². The van der Waals surface area contributed by atoms with Crippen molar-refractivity contribution in [2.24, 2.45) is 0 Å². The van der Waals surface area contributed by atoms with Crippen molar-refractivity contribution in [3.8, 4) is 0 Å². The summed E-state index contributed by atoms with van der Waals surface area (Å²) in [5.74, 6) is 0. The van der Waals surface area contributed by atoms with E-state index < -0.39 is 0 Å². The number of fused-ring (bicyclic) bond motifs is 1. The van der Waals surface area contributed by atoms with Crippen LogP contribution in [0.5, 0.6) is 0 Å². The zero-order valence-corrected chi connectivity index (χ0v) is 12.9. The Balaban J connectivity index is 1.96. The third-order valence-corrected chi connectivity index (χ3v) is 3.84. The maximum absolute atomic E-state index is 7.71. The van der Waals surface area contributed by atoms with Gasteiger partial charge in [-0.2, -0.15) is 0 Å². The molecule has 0 atom stereocenters. The molecule has 2 N–H and O–H groups in total. The van der Waals surface area contributed by atoms with E-state index in [0.29, 0.717) is 6.54 Å². The lowest BCUT2D eigenvalue weighted by Crippen LogP contribution is -2.03. The fourth-order valence-corrected chi connectivity index (χ4v) is 2.64. The number of anilines is 1. The van der Waals surface area contributed by atoms with E-state index in [1.165, 1.54) is 11.8 Å². The summed E-state index contributed by atoms with van der Waals surface area (Å²) in [7, 11) is 0. The molecule has 1 aromatic heterocycles. The van der Waals surface area contributed by atoms with Crippen molar-refractivity contribution in [2.75, 3.05) is 5.32 Å². The van der Waals surface area contributed by atoms with Gasteiger partial charge in [0.2, 0.25) is 0 Å². The quantitative estimate of drug-likeness (QED) is 0.682. The third-order valence-electron chi connectivity index (χ3n) is 3.34. The average molecular weight is 340 g/mol. The zero-order valence-electron chi connectivity index (χ0n) is 11.3. The molecule has 0 aliphatic heterocycles. The van der Waals surface area contributed by atoms with E-state index in [0.717, 1.165) is 26.6 Å². The van der Waals surface area contributed by atoms with Crippen LogP contribution < -0.4 is 5.32 Å². The third kappa shape index (κ3) is 2.95. The predicted octanol–water partition coefficient (Wildman–Crippen LogP) is 4.61. The number of hydrogen-bond donors (Lipinski definition) is 2. The highest BCUT2D eigenvalue weighted by Gasteiger charge is 2.07. The number of halogens is 1. The number of pyridine rings is 1. The summed E-state index contributed by atoms with van der Waals surface area (Å²) >= 11 is 3.47. The molecule has 3 aromatic rings. The molecule has 3 rings (SSSR count). The second kappa shape index (κ2) is 6.06. The molecule has 0 fully saturated rings. The van der Waals surface area contributed by atoms with E-state index in [4.69, 9.17) is 5.41 Å². The Hall–Kier alpha value is -2.20. The van der Waals surface area contributed by atoms with Crippen molar-refractivity contribution >= 4 is 38.7 Å². The molecule has 104 valence electrons. The summed E-state index contributed by atoms with van der Waals surface area (Å²) in [6, 6.07) is 16.1. The van der Waals surface area contributed by atoms with E-state index in [-0.39, 0.29) is 0 Å². The minimum Gasteiger partial charge on any atom is -0.379 e. The van der Waals surface area contributed by atoms with Crippen LogP contribution in [-0.4, -0.2) is 11.2 Å². The van der Waals surface area contributed by atoms with Crippen LogP contribution in [-0.2, 0) is 6.54 Å². The lowest BCUT2D eigenvalue weighted by Gasteiger charge is -2.11. The SMILES string of the molecule is N=Cc1c(NCc2ccccc2)cnc2ccc(Br)cc12. The second-order valence-corrected chi connectivity index (χ2v) is 5.65. The van der Waals surface area contributed by atoms with E-state index >= 15 is 0 Å². The lowest BCUT2D eigenvalue weighted by atomic mass is 10.1. The average Bonchev–Trinajstić information content (AvgIpc) is 2.53. The molecule has 0 saturated carbocycles. The molecule has 0 saturated heterocycles. The smallest absolute Gasteiger partial charge is 0.0711 e. The fourth-order valence-electron chi connectivity index (χ4n) is 2.27. The van der Waals surface area contributed by atoms with Crippen LogP contribution in [0.1, 0.15) is 11.1 Å². The van der Waals surface area contributed by atoms with Crippen LogP contribution in [0.4, 0.5) is 5.69 Å². The molecule has 21 heavy (non-hydrogen) atoms. The largest absolute Gasteiger partial charge is 0.379 e. The Kier molecular flexibility index (Phi) is 3.97. The number of hydrogen-bond acceptors (Lipinski definition) is 3. The van der Waals surface area contributed by atoms with Gasteiger partial charge < -0.3 is 10.7 Å². The van der Waals surface area contributed by atoms with E-state index in [1.54, 1.807) is 6.20 Å². The minimum absolute atomic E-state index is 0.711. The zero-order chi connectivity index (χ0) is 14.7. The maximum atomic E-state index is 7.71. The molecule has 3 nitrogen and oxygen atoms in total. The molecule has 0 bridgehead atoms. The van der Waals surface area contributed by atoms with Gasteiger partial charge in [0, 0.05) is 28.2 Å². The highest BCUT2D eigenvalue weighted by atomic mass is 79.9. The van der Waals surface area contributed by atoms with E-state index in [1.807, 2.05) is 36.4 Å². The van der Waals surface area contributed by atoms with Gasteiger partial charge >= 0.3 is 0 Å². The highest BCUT2D eigenvalue weighted by molar-refractivity contribution is 9.10. The van der Waals surface area contributed by atoms with Gasteiger partial charge in [0.25, 0.3) is 0 Å². The number of aromatic nitrogens is 1. The Bertz CT molecular complexity index is 785. The lowest BCUT2D eigenvalue weighted by molar-refractivity contribution is 1.14. The number of benzene rings is 2. The first kappa shape index (κ1) is 13.8. The second-order valence-electron chi connectivity index (χ2n) is 4.73. The maximum Gasteiger partial charge on any atom is 0.0711 e. The molecule has 0 aliphatic rings. The van der Waals surface area contributed by atoms with Crippen molar-refractivity contribution in [1.82, 2.24) is 4.98 Å². The van der Waals surface area contributed by atoms with Gasteiger partial charge in [-0.05, 0) is 23.8 Å². The van der Waals surface area contributed by atoms with Gasteiger partial charge in [-0.1, -0.05) is 46.3 Å². The fraction of sp³-hybridized carbons (Fsp3) is 0.0588. The Labute approximate surface area is 131 Å². The van der Waals surface area contributed by atoms with Crippen molar-refractivity contribution < 1.29 is 0 Å². The molecule has 0 amide bonds. The van der Waals surface area contributed by atoms with Crippen LogP contribution in [0.25, 0.3) is 10.9 Å². The van der Waals surface area contributed by atoms with Gasteiger partial charge in [0.15, 0.2) is 0 Å². The van der Waals surface area contributed by atoms with E-state index in [2.05, 4.69) is 38.4 Å². The van der Waals surface area contributed by atoms with Crippen molar-refractivity contribution in [3.63, 3.8) is 0 Å². The standard InChI is InChI=1S/C17H14BrN3/c18-13-6-7-16-14(8-13)15(9-19)17(11-21-16)20-10-12-4-2-1-3-5-12/h1-9,11,19-20H,10H2. The first-order chi connectivity index (χ1) is 10.3. The summed E-state index contributed by atoms with van der Waals surface area (Å²) in [5, 5.41) is 12.0. The van der Waals surface area contributed by atoms with Crippen molar-refractivity contribution in [3.05, 3.63) is 70.3 Å². The molecule has 1 heterocycles. The molecule has 0 spiro atoms. The van der Waals surface area contributed by atoms with E-state index in [9.17, 15) is 0 Å². The summed E-state index contributed by atoms with van der Waals surface area (Å²) in [6.45, 7) is 0.711. The molecular weight excluding hydrogens is 326 g/mol. The van der Waals surface area contributed by atoms with Crippen LogP contribution >= 0.6 is 15.9 Å². The Morgan fingerprint density at radius 3 is 2.71 bits per heavy atom. The summed E-state index contributed by atoms with van der Waals surface area (Å²) < 4.78 is 0.986. The number of nitrogens with one attached hydrogen (secondary N) is 2. The Morgan fingerprint density at radius 2 is 1.95 bits per heavy atom. The normalized spacial score (nSPS) is 10.5. The predicted molar refractivity (Wildman–Crippen MR) is 91.1 cm³/mol. The number of nitrogens with zero attached hydrogens (tertiary/aromatic N) is 1. The van der Waals surface area contributed by atoms with Gasteiger partial charge in [-0.25, -0.2) is 0 Å². The van der Waals surface area contributed by atoms with Gasteiger partial charge in [0.1, 0.15) is 0 Å². The summed E-state index contributed by atoms with van der Waals surface area (Å²) in [4.78, 5) is 4.46. The highest BCUT2D eigenvalue weighted by Crippen LogP contribution is 2.26. The van der Waals surface area contributed by atoms with Crippen LogP contribution in [0, 0.1) is 5.41 Å². The topological polar surface area (TPSA) is 48.8 Å². The number of rotatable bonds is 4. The minimum atomic E-state index is 0.711. The van der Waals surface area contributed by atoms with Crippen molar-refractivity contribution in [1.29, 1.82) is 5.41 Å². The molecule has 0 radical (unpaired) electrons. The Morgan fingerprint density at radius 1 is 1.14 bits per heavy atom. The summed E-state index contributed by atoms with van der Waals surface area (Å²) in [6.07, 6.45) is 3.17. The molecular formula is C17H14BrN3. The van der Waals surface area contributed by atoms with Crippen molar-refractivity contribution in [2.45, 2.75) is 6.54 Å². The molecule has 0 aliphatic carbocycles.